The van der Waals surface area contributed by atoms with Crippen molar-refractivity contribution in [2.45, 2.75) is 414 Å². The topological polar surface area (TPSA) is 237 Å². The first kappa shape index (κ1) is 94.1. The normalized spacial score (nSPS) is 14.3. The monoisotopic (exact) mass is 1410 g/mol. The second-order valence-corrected chi connectivity index (χ2v) is 31.8. The third-order valence-corrected chi connectivity index (χ3v) is 20.1. The molecule has 0 aromatic rings. The molecule has 96 heavy (non-hydrogen) atoms. The van der Waals surface area contributed by atoms with Crippen LogP contribution in [0, 0.1) is 17.8 Å². The summed E-state index contributed by atoms with van der Waals surface area (Å²) in [6.45, 7) is 11.9. The standard InChI is InChI=1S/C77H150O17P2/c1-8-10-11-12-13-14-15-16-17-18-19-20-21-24-30-39-46-53-60-76(81)93-72(64-87-74(79)58-51-44-37-29-25-22-23-27-34-41-48-55-68(3)4)66-91-95(83,84)89-62-71(78)63-90-96(85,86)92-67-73(94-77(82)61-54-47-40-31-26-28-35-42-49-56-69(5)6)65-88-75(80)59-52-45-38-33-32-36-43-50-57-70(7)9-2/h68-73,78H,8-67H2,1-7H3,(H,83,84)(H,85,86)/t70?,71-,72-,73-/m1/s1. The number of aliphatic hydroxyl groups excluding tert-OH is 1. The highest BCUT2D eigenvalue weighted by molar-refractivity contribution is 7.47. The van der Waals surface area contributed by atoms with Crippen LogP contribution in [0.3, 0.4) is 0 Å². The van der Waals surface area contributed by atoms with E-state index in [0.717, 1.165) is 108 Å². The van der Waals surface area contributed by atoms with E-state index in [0.29, 0.717) is 25.7 Å². The lowest BCUT2D eigenvalue weighted by Crippen LogP contribution is -2.30. The third-order valence-electron chi connectivity index (χ3n) is 18.2. The lowest BCUT2D eigenvalue weighted by atomic mass is 9.99. The summed E-state index contributed by atoms with van der Waals surface area (Å²) >= 11 is 0. The van der Waals surface area contributed by atoms with E-state index in [-0.39, 0.29) is 25.7 Å². The molecule has 0 fully saturated rings. The molecule has 6 atom stereocenters. The van der Waals surface area contributed by atoms with Gasteiger partial charge in [0.1, 0.15) is 19.3 Å². The van der Waals surface area contributed by atoms with Crippen LogP contribution >= 0.6 is 15.6 Å². The van der Waals surface area contributed by atoms with Gasteiger partial charge in [-0.3, -0.25) is 37.3 Å². The summed E-state index contributed by atoms with van der Waals surface area (Å²) in [6, 6.07) is 0. The summed E-state index contributed by atoms with van der Waals surface area (Å²) in [4.78, 5) is 72.9. The van der Waals surface area contributed by atoms with Crippen LogP contribution < -0.4 is 0 Å². The molecule has 0 heterocycles. The fourth-order valence-electron chi connectivity index (χ4n) is 11.7. The van der Waals surface area contributed by atoms with Crippen LogP contribution in [0.2, 0.25) is 0 Å². The summed E-state index contributed by atoms with van der Waals surface area (Å²) in [7, 11) is -9.91. The Morgan fingerprint density at radius 3 is 0.792 bits per heavy atom. The Bertz CT molecular complexity index is 1870. The van der Waals surface area contributed by atoms with Crippen LogP contribution in [-0.4, -0.2) is 96.7 Å². The van der Waals surface area contributed by atoms with Crippen molar-refractivity contribution in [1.82, 2.24) is 0 Å². The summed E-state index contributed by atoms with van der Waals surface area (Å²) in [6.07, 6.45) is 54.0. The van der Waals surface area contributed by atoms with Crippen LogP contribution in [0.25, 0.3) is 0 Å². The first-order chi connectivity index (χ1) is 46.3. The molecule has 0 aromatic carbocycles. The van der Waals surface area contributed by atoms with Crippen molar-refractivity contribution >= 4 is 39.5 Å². The lowest BCUT2D eigenvalue weighted by Gasteiger charge is -2.21. The molecule has 3 N–H and O–H groups in total. The van der Waals surface area contributed by atoms with Crippen LogP contribution in [0.5, 0.6) is 0 Å². The van der Waals surface area contributed by atoms with Crippen molar-refractivity contribution in [2.75, 3.05) is 39.6 Å². The number of hydrogen-bond donors (Lipinski definition) is 3. The van der Waals surface area contributed by atoms with Crippen LogP contribution in [-0.2, 0) is 65.4 Å². The van der Waals surface area contributed by atoms with Gasteiger partial charge in [-0.2, -0.15) is 0 Å². The molecule has 19 heteroatoms. The average Bonchev–Trinajstić information content (AvgIpc) is 3.29. The van der Waals surface area contributed by atoms with Gasteiger partial charge in [0.25, 0.3) is 0 Å². The molecule has 0 saturated carbocycles. The molecule has 0 aliphatic heterocycles. The molecule has 0 bridgehead atoms. The molecule has 0 aliphatic carbocycles. The number of ether oxygens (including phenoxy) is 4. The molecule has 17 nitrogen and oxygen atoms in total. The minimum absolute atomic E-state index is 0.105. The van der Waals surface area contributed by atoms with Crippen molar-refractivity contribution in [1.29, 1.82) is 0 Å². The number of hydrogen-bond acceptors (Lipinski definition) is 15. The van der Waals surface area contributed by atoms with E-state index in [9.17, 15) is 43.2 Å². The Morgan fingerprint density at radius 2 is 0.531 bits per heavy atom. The SMILES string of the molecule is CCCCCCCCCCCCCCCCCCCCC(=O)O[C@H](COC(=O)CCCCCCCCCCCCCC(C)C)COP(=O)(O)OC[C@@H](O)COP(=O)(O)OC[C@@H](COC(=O)CCCCCCCCCCC(C)CC)OC(=O)CCCCCCCCCCCC(C)C. The summed E-state index contributed by atoms with van der Waals surface area (Å²) < 4.78 is 68.6. The fraction of sp³-hybridized carbons (Fsp3) is 0.948. The van der Waals surface area contributed by atoms with E-state index < -0.39 is 97.5 Å². The number of unbranched alkanes of at least 4 members (excludes halogenated alkanes) is 42. The minimum atomic E-state index is -4.96. The lowest BCUT2D eigenvalue weighted by molar-refractivity contribution is -0.161. The van der Waals surface area contributed by atoms with Crippen molar-refractivity contribution < 1.29 is 80.2 Å². The van der Waals surface area contributed by atoms with Gasteiger partial charge in [-0.1, -0.05) is 344 Å². The number of rotatable bonds is 75. The van der Waals surface area contributed by atoms with E-state index >= 15 is 0 Å². The Balaban J connectivity index is 5.26. The zero-order chi connectivity index (χ0) is 70.9. The Kier molecular flexibility index (Phi) is 66.2. The molecule has 0 amide bonds. The van der Waals surface area contributed by atoms with Gasteiger partial charge in [-0.05, 0) is 43.4 Å². The van der Waals surface area contributed by atoms with E-state index in [2.05, 4.69) is 48.5 Å². The fourth-order valence-corrected chi connectivity index (χ4v) is 13.3. The summed E-state index contributed by atoms with van der Waals surface area (Å²) in [5.74, 6) is 0.168. The molecular formula is C77H150O17P2. The maximum atomic E-state index is 13.1. The molecule has 570 valence electrons. The Labute approximate surface area is 588 Å². The molecule has 3 unspecified atom stereocenters. The maximum absolute atomic E-state index is 13.1. The van der Waals surface area contributed by atoms with Gasteiger partial charge < -0.3 is 33.8 Å². The second kappa shape index (κ2) is 67.5. The largest absolute Gasteiger partial charge is 0.472 e. The van der Waals surface area contributed by atoms with Gasteiger partial charge in [-0.25, -0.2) is 9.13 Å². The molecular weight excluding hydrogens is 1260 g/mol. The number of phosphoric ester groups is 2. The van der Waals surface area contributed by atoms with Crippen LogP contribution in [0.15, 0.2) is 0 Å². The van der Waals surface area contributed by atoms with Gasteiger partial charge in [-0.15, -0.1) is 0 Å². The smallest absolute Gasteiger partial charge is 0.462 e. The van der Waals surface area contributed by atoms with E-state index in [1.165, 1.54) is 205 Å². The van der Waals surface area contributed by atoms with Crippen molar-refractivity contribution in [3.05, 3.63) is 0 Å². The van der Waals surface area contributed by atoms with Gasteiger partial charge in [0.15, 0.2) is 12.2 Å². The van der Waals surface area contributed by atoms with E-state index in [4.69, 9.17) is 37.0 Å². The van der Waals surface area contributed by atoms with Crippen LogP contribution in [0.1, 0.15) is 395 Å². The number of aliphatic hydroxyl groups is 1. The number of carbonyl (C=O) groups is 4. The summed E-state index contributed by atoms with van der Waals surface area (Å²) in [5, 5.41) is 10.6. The Hall–Kier alpha value is -1.94. The molecule has 0 spiro atoms. The van der Waals surface area contributed by atoms with Crippen molar-refractivity contribution in [3.63, 3.8) is 0 Å². The van der Waals surface area contributed by atoms with Gasteiger partial charge in [0.05, 0.1) is 26.4 Å². The van der Waals surface area contributed by atoms with Gasteiger partial charge in [0, 0.05) is 25.7 Å². The van der Waals surface area contributed by atoms with E-state index in [1.807, 2.05) is 0 Å². The first-order valence-corrected chi connectivity index (χ1v) is 42.9. The van der Waals surface area contributed by atoms with Crippen molar-refractivity contribution in [3.8, 4) is 0 Å². The molecule has 0 aromatic heterocycles. The highest BCUT2D eigenvalue weighted by Gasteiger charge is 2.30. The quantitative estimate of drug-likeness (QED) is 0.0222. The molecule has 0 radical (unpaired) electrons. The third kappa shape index (κ3) is 69.2. The molecule has 0 aliphatic rings. The Morgan fingerprint density at radius 1 is 0.302 bits per heavy atom. The highest BCUT2D eigenvalue weighted by atomic mass is 31.2. The highest BCUT2D eigenvalue weighted by Crippen LogP contribution is 2.45. The van der Waals surface area contributed by atoms with Crippen LogP contribution in [0.4, 0.5) is 0 Å². The second-order valence-electron chi connectivity index (χ2n) is 28.9. The molecule has 0 saturated heterocycles. The molecule has 0 rings (SSSR count). The zero-order valence-corrected chi connectivity index (χ0v) is 64.6. The zero-order valence-electron chi connectivity index (χ0n) is 62.8. The van der Waals surface area contributed by atoms with Gasteiger partial charge in [0.2, 0.25) is 0 Å². The average molecular weight is 1410 g/mol. The predicted molar refractivity (Wildman–Crippen MR) is 391 cm³/mol. The first-order valence-electron chi connectivity index (χ1n) is 39.9. The number of carbonyl (C=O) groups excluding carboxylic acids is 4. The van der Waals surface area contributed by atoms with Gasteiger partial charge >= 0.3 is 39.5 Å². The van der Waals surface area contributed by atoms with E-state index in [1.54, 1.807) is 0 Å². The number of phosphoric acid groups is 2. The minimum Gasteiger partial charge on any atom is -0.462 e. The number of esters is 4. The van der Waals surface area contributed by atoms with Crippen molar-refractivity contribution in [2.24, 2.45) is 17.8 Å². The predicted octanol–water partition coefficient (Wildman–Crippen LogP) is 22.6. The maximum Gasteiger partial charge on any atom is 0.472 e. The summed E-state index contributed by atoms with van der Waals surface area (Å²) in [5.41, 5.74) is 0.